The van der Waals surface area contributed by atoms with E-state index in [9.17, 15) is 4.79 Å². The number of carboxylic acid groups (broad SMARTS) is 1. The van der Waals surface area contributed by atoms with Crippen molar-refractivity contribution < 1.29 is 14.6 Å². The number of rotatable bonds is 2. The summed E-state index contributed by atoms with van der Waals surface area (Å²) in [6.07, 6.45) is 0. The average Bonchev–Trinajstić information content (AvgIpc) is 1.99. The van der Waals surface area contributed by atoms with Crippen molar-refractivity contribution in [3.05, 3.63) is 28.2 Å². The highest BCUT2D eigenvalue weighted by Gasteiger charge is 2.18. The molecular formula is C11H13BrO3. The molecule has 0 saturated heterocycles. The molecule has 1 aromatic carbocycles. The molecule has 1 aromatic rings. The monoisotopic (exact) mass is 272 g/mol. The van der Waals surface area contributed by atoms with Crippen LogP contribution >= 0.6 is 15.9 Å². The first-order valence-electron chi connectivity index (χ1n) is 4.51. The molecule has 0 unspecified atom stereocenters. The Morgan fingerprint density at radius 3 is 2.47 bits per heavy atom. The lowest BCUT2D eigenvalue weighted by Gasteiger charge is -2.22. The minimum Gasteiger partial charge on any atom is -0.487 e. The third kappa shape index (κ3) is 3.55. The van der Waals surface area contributed by atoms with E-state index in [1.807, 2.05) is 20.8 Å². The van der Waals surface area contributed by atoms with Gasteiger partial charge in [-0.05, 0) is 39.0 Å². The van der Waals surface area contributed by atoms with Crippen LogP contribution in [0.5, 0.6) is 5.75 Å². The Morgan fingerprint density at radius 1 is 1.40 bits per heavy atom. The zero-order valence-electron chi connectivity index (χ0n) is 8.87. The summed E-state index contributed by atoms with van der Waals surface area (Å²) in [7, 11) is 0. The van der Waals surface area contributed by atoms with Crippen LogP contribution in [0.3, 0.4) is 0 Å². The first-order valence-corrected chi connectivity index (χ1v) is 5.31. The Morgan fingerprint density at radius 2 is 2.00 bits per heavy atom. The van der Waals surface area contributed by atoms with Crippen LogP contribution in [-0.4, -0.2) is 16.7 Å². The quantitative estimate of drug-likeness (QED) is 0.899. The summed E-state index contributed by atoms with van der Waals surface area (Å²) in [5, 5.41) is 8.96. The van der Waals surface area contributed by atoms with Crippen molar-refractivity contribution in [2.24, 2.45) is 0 Å². The van der Waals surface area contributed by atoms with Crippen LogP contribution in [0.15, 0.2) is 22.7 Å². The molecule has 0 aromatic heterocycles. The molecule has 0 aliphatic rings. The highest BCUT2D eigenvalue weighted by molar-refractivity contribution is 9.10. The van der Waals surface area contributed by atoms with E-state index < -0.39 is 11.6 Å². The summed E-state index contributed by atoms with van der Waals surface area (Å²) in [6, 6.07) is 4.86. The van der Waals surface area contributed by atoms with E-state index in [4.69, 9.17) is 9.84 Å². The highest BCUT2D eigenvalue weighted by Crippen LogP contribution is 2.27. The van der Waals surface area contributed by atoms with Crippen LogP contribution in [0.2, 0.25) is 0 Å². The average molecular weight is 273 g/mol. The minimum atomic E-state index is -0.984. The standard InChI is InChI=1S/C11H13BrO3/c1-11(2,3)15-9-6-7(12)4-5-8(9)10(13)14/h4-6H,1-3H3,(H,13,14). The maximum absolute atomic E-state index is 10.9. The van der Waals surface area contributed by atoms with Crippen molar-refractivity contribution in [2.45, 2.75) is 26.4 Å². The third-order valence-electron chi connectivity index (χ3n) is 1.59. The van der Waals surface area contributed by atoms with Crippen LogP contribution in [0.1, 0.15) is 31.1 Å². The van der Waals surface area contributed by atoms with Gasteiger partial charge in [-0.25, -0.2) is 4.79 Å². The molecule has 15 heavy (non-hydrogen) atoms. The van der Waals surface area contributed by atoms with Gasteiger partial charge in [0.1, 0.15) is 16.9 Å². The van der Waals surface area contributed by atoms with Crippen LogP contribution in [0.4, 0.5) is 0 Å². The summed E-state index contributed by atoms with van der Waals surface area (Å²) >= 11 is 3.28. The van der Waals surface area contributed by atoms with Gasteiger partial charge in [-0.15, -0.1) is 0 Å². The lowest BCUT2D eigenvalue weighted by atomic mass is 10.1. The molecule has 82 valence electrons. The molecule has 0 bridgehead atoms. The van der Waals surface area contributed by atoms with Gasteiger partial charge in [-0.1, -0.05) is 15.9 Å². The van der Waals surface area contributed by atoms with Gasteiger partial charge in [0.2, 0.25) is 0 Å². The molecule has 1 rings (SSSR count). The molecule has 0 aliphatic carbocycles. The number of carboxylic acids is 1. The molecule has 0 atom stereocenters. The first-order chi connectivity index (χ1) is 6.79. The van der Waals surface area contributed by atoms with Gasteiger partial charge in [0.15, 0.2) is 0 Å². The summed E-state index contributed by atoms with van der Waals surface area (Å²) in [6.45, 7) is 5.62. The van der Waals surface area contributed by atoms with Crippen LogP contribution in [-0.2, 0) is 0 Å². The maximum atomic E-state index is 10.9. The molecular weight excluding hydrogens is 260 g/mol. The molecule has 0 spiro atoms. The molecule has 0 saturated carbocycles. The van der Waals surface area contributed by atoms with E-state index in [-0.39, 0.29) is 5.56 Å². The van der Waals surface area contributed by atoms with Crippen molar-refractivity contribution in [3.8, 4) is 5.75 Å². The Labute approximate surface area is 97.2 Å². The molecule has 1 N–H and O–H groups in total. The van der Waals surface area contributed by atoms with Gasteiger partial charge in [0, 0.05) is 4.47 Å². The minimum absolute atomic E-state index is 0.174. The molecule has 0 heterocycles. The van der Waals surface area contributed by atoms with Gasteiger partial charge >= 0.3 is 5.97 Å². The number of carbonyl (C=O) groups is 1. The first kappa shape index (κ1) is 12.0. The number of hydrogen-bond donors (Lipinski definition) is 1. The maximum Gasteiger partial charge on any atom is 0.339 e. The van der Waals surface area contributed by atoms with E-state index in [0.717, 1.165) is 4.47 Å². The van der Waals surface area contributed by atoms with Crippen LogP contribution in [0, 0.1) is 0 Å². The summed E-state index contributed by atoms with van der Waals surface area (Å²) in [4.78, 5) is 10.9. The smallest absolute Gasteiger partial charge is 0.339 e. The topological polar surface area (TPSA) is 46.5 Å². The van der Waals surface area contributed by atoms with Gasteiger partial charge < -0.3 is 9.84 Å². The lowest BCUT2D eigenvalue weighted by molar-refractivity contribution is 0.0681. The van der Waals surface area contributed by atoms with E-state index in [2.05, 4.69) is 15.9 Å². The number of benzene rings is 1. The fraction of sp³-hybridized carbons (Fsp3) is 0.364. The molecule has 3 nitrogen and oxygen atoms in total. The fourth-order valence-corrected chi connectivity index (χ4v) is 1.43. The molecule has 0 fully saturated rings. The summed E-state index contributed by atoms with van der Waals surface area (Å²) < 4.78 is 6.36. The molecule has 0 amide bonds. The van der Waals surface area contributed by atoms with Crippen molar-refractivity contribution in [1.82, 2.24) is 0 Å². The summed E-state index contributed by atoms with van der Waals surface area (Å²) in [5.41, 5.74) is -0.238. The van der Waals surface area contributed by atoms with E-state index in [1.54, 1.807) is 12.1 Å². The third-order valence-corrected chi connectivity index (χ3v) is 2.08. The lowest BCUT2D eigenvalue weighted by Crippen LogP contribution is -2.24. The van der Waals surface area contributed by atoms with E-state index in [1.165, 1.54) is 6.07 Å². The molecule has 0 radical (unpaired) electrons. The largest absolute Gasteiger partial charge is 0.487 e. The predicted molar refractivity (Wildman–Crippen MR) is 61.5 cm³/mol. The number of ether oxygens (including phenoxy) is 1. The SMILES string of the molecule is CC(C)(C)Oc1cc(Br)ccc1C(=O)O. The van der Waals surface area contributed by atoms with Crippen molar-refractivity contribution >= 4 is 21.9 Å². The normalized spacial score (nSPS) is 11.2. The van der Waals surface area contributed by atoms with Crippen molar-refractivity contribution in [1.29, 1.82) is 0 Å². The zero-order chi connectivity index (χ0) is 11.6. The van der Waals surface area contributed by atoms with Gasteiger partial charge in [-0.2, -0.15) is 0 Å². The van der Waals surface area contributed by atoms with Gasteiger partial charge in [-0.3, -0.25) is 0 Å². The van der Waals surface area contributed by atoms with Gasteiger partial charge in [0.25, 0.3) is 0 Å². The Balaban J connectivity index is 3.13. The van der Waals surface area contributed by atoms with Crippen LogP contribution < -0.4 is 4.74 Å². The summed E-state index contributed by atoms with van der Waals surface area (Å²) in [5.74, 6) is -0.605. The molecule has 4 heteroatoms. The zero-order valence-corrected chi connectivity index (χ0v) is 10.5. The predicted octanol–water partition coefficient (Wildman–Crippen LogP) is 3.32. The highest BCUT2D eigenvalue weighted by atomic mass is 79.9. The number of aromatic carboxylic acids is 1. The second-order valence-electron chi connectivity index (χ2n) is 4.16. The second-order valence-corrected chi connectivity index (χ2v) is 5.08. The van der Waals surface area contributed by atoms with Gasteiger partial charge in [0.05, 0.1) is 0 Å². The van der Waals surface area contributed by atoms with Crippen LogP contribution in [0.25, 0.3) is 0 Å². The second kappa shape index (κ2) is 4.23. The van der Waals surface area contributed by atoms with E-state index >= 15 is 0 Å². The number of halogens is 1. The molecule has 0 aliphatic heterocycles. The fourth-order valence-electron chi connectivity index (χ4n) is 1.09. The Kier molecular flexibility index (Phi) is 3.39. The Bertz CT molecular complexity index is 380. The van der Waals surface area contributed by atoms with Crippen molar-refractivity contribution in [3.63, 3.8) is 0 Å². The van der Waals surface area contributed by atoms with Crippen molar-refractivity contribution in [2.75, 3.05) is 0 Å². The Hall–Kier alpha value is -1.03. The van der Waals surface area contributed by atoms with E-state index in [0.29, 0.717) is 5.75 Å². The number of hydrogen-bond acceptors (Lipinski definition) is 2.